The van der Waals surface area contributed by atoms with Crippen LogP contribution in [0.4, 0.5) is 11.4 Å². The highest BCUT2D eigenvalue weighted by molar-refractivity contribution is 6.04. The molecule has 0 saturated carbocycles. The molecule has 32 heavy (non-hydrogen) atoms. The van der Waals surface area contributed by atoms with E-state index in [1.807, 2.05) is 37.3 Å². The van der Waals surface area contributed by atoms with Crippen LogP contribution in [0.2, 0.25) is 0 Å². The molecule has 2 amide bonds. The first kappa shape index (κ1) is 21.6. The van der Waals surface area contributed by atoms with Crippen molar-refractivity contribution in [3.63, 3.8) is 0 Å². The van der Waals surface area contributed by atoms with E-state index in [0.717, 1.165) is 17.7 Å². The van der Waals surface area contributed by atoms with E-state index in [2.05, 4.69) is 16.7 Å². The first-order valence-electron chi connectivity index (χ1n) is 10.8. The van der Waals surface area contributed by atoms with Crippen LogP contribution in [0.5, 0.6) is 5.75 Å². The summed E-state index contributed by atoms with van der Waals surface area (Å²) in [5.41, 5.74) is 4.14. The topological polar surface area (TPSA) is 76.7 Å². The molecule has 6 heteroatoms. The second-order valence-electron chi connectivity index (χ2n) is 7.55. The molecule has 0 aliphatic carbocycles. The number of anilines is 2. The van der Waals surface area contributed by atoms with E-state index in [4.69, 9.17) is 9.47 Å². The van der Waals surface area contributed by atoms with E-state index in [9.17, 15) is 9.59 Å². The van der Waals surface area contributed by atoms with Crippen LogP contribution in [0.1, 0.15) is 40.9 Å². The molecule has 0 radical (unpaired) electrons. The maximum Gasteiger partial charge on any atom is 0.255 e. The summed E-state index contributed by atoms with van der Waals surface area (Å²) >= 11 is 0. The summed E-state index contributed by atoms with van der Waals surface area (Å²) in [6.07, 6.45) is 0.880. The molecule has 1 aliphatic heterocycles. The van der Waals surface area contributed by atoms with Gasteiger partial charge in [0.25, 0.3) is 5.91 Å². The third-order valence-corrected chi connectivity index (χ3v) is 5.32. The summed E-state index contributed by atoms with van der Waals surface area (Å²) in [6.45, 7) is 3.13. The Labute approximate surface area is 187 Å². The van der Waals surface area contributed by atoms with Crippen LogP contribution in [0.15, 0.2) is 72.8 Å². The average molecular weight is 431 g/mol. The number of benzene rings is 3. The Hall–Kier alpha value is -3.64. The minimum Gasteiger partial charge on any atom is -0.494 e. The van der Waals surface area contributed by atoms with Crippen molar-refractivity contribution in [2.75, 3.05) is 23.8 Å². The number of fused-ring (bicyclic) bond motifs is 1. The predicted octanol–water partition coefficient (Wildman–Crippen LogP) is 4.98. The average Bonchev–Trinajstić information content (AvgIpc) is 2.81. The second kappa shape index (κ2) is 10.1. The molecule has 0 spiro atoms. The summed E-state index contributed by atoms with van der Waals surface area (Å²) in [6, 6.07) is 22.1. The molecule has 1 unspecified atom stereocenters. The molecule has 1 aliphatic rings. The Kier molecular flexibility index (Phi) is 6.82. The molecule has 1 atom stereocenters. The highest BCUT2D eigenvalue weighted by Crippen LogP contribution is 2.29. The van der Waals surface area contributed by atoms with Gasteiger partial charge in [-0.15, -0.1) is 0 Å². The lowest BCUT2D eigenvalue weighted by Gasteiger charge is -2.25. The first-order chi connectivity index (χ1) is 15.6. The molecule has 2 N–H and O–H groups in total. The molecule has 4 rings (SSSR count). The Morgan fingerprint density at radius 1 is 0.938 bits per heavy atom. The fourth-order valence-electron chi connectivity index (χ4n) is 3.74. The zero-order chi connectivity index (χ0) is 22.3. The molecular weight excluding hydrogens is 404 g/mol. The molecular formula is C26H26N2O4. The van der Waals surface area contributed by atoms with Gasteiger partial charge >= 0.3 is 0 Å². The van der Waals surface area contributed by atoms with E-state index >= 15 is 0 Å². The number of amides is 2. The zero-order valence-electron chi connectivity index (χ0n) is 18.0. The zero-order valence-corrected chi connectivity index (χ0v) is 18.0. The van der Waals surface area contributed by atoms with Crippen LogP contribution in [0.3, 0.4) is 0 Å². The van der Waals surface area contributed by atoms with Crippen LogP contribution in [-0.2, 0) is 16.0 Å². The normalized spacial score (nSPS) is 14.8. The lowest BCUT2D eigenvalue weighted by Crippen LogP contribution is -2.22. The van der Waals surface area contributed by atoms with Gasteiger partial charge in [-0.3, -0.25) is 9.59 Å². The Bertz CT molecular complexity index is 1080. The number of rotatable bonds is 7. The van der Waals surface area contributed by atoms with Crippen molar-refractivity contribution >= 4 is 23.2 Å². The van der Waals surface area contributed by atoms with Crippen molar-refractivity contribution in [3.8, 4) is 5.75 Å². The first-order valence-corrected chi connectivity index (χ1v) is 10.8. The fraction of sp³-hybridized carbons (Fsp3) is 0.231. The molecule has 0 aromatic heterocycles. The van der Waals surface area contributed by atoms with Gasteiger partial charge in [0.1, 0.15) is 5.75 Å². The molecule has 0 saturated heterocycles. The third kappa shape index (κ3) is 5.34. The van der Waals surface area contributed by atoms with Crippen LogP contribution in [0.25, 0.3) is 0 Å². The molecule has 3 aromatic rings. The summed E-state index contributed by atoms with van der Waals surface area (Å²) in [7, 11) is 0. The van der Waals surface area contributed by atoms with E-state index in [-0.39, 0.29) is 24.3 Å². The van der Waals surface area contributed by atoms with Crippen molar-refractivity contribution in [1.82, 2.24) is 0 Å². The van der Waals surface area contributed by atoms with Crippen LogP contribution in [0, 0.1) is 0 Å². The standard InChI is InChI=1S/C26H26N2O4/c1-2-31-22-13-11-21(12-14-22)28-26(30)19-7-9-20(10-8-19)27-25(29)17-24-23-6-4-3-5-18(23)15-16-32-24/h3-14,24H,2,15-17H2,1H3,(H,27,29)(H,28,30). The molecule has 6 nitrogen and oxygen atoms in total. The quantitative estimate of drug-likeness (QED) is 0.554. The highest BCUT2D eigenvalue weighted by atomic mass is 16.5. The summed E-state index contributed by atoms with van der Waals surface area (Å²) in [5, 5.41) is 5.74. The number of ether oxygens (including phenoxy) is 2. The van der Waals surface area contributed by atoms with Crippen molar-refractivity contribution in [3.05, 3.63) is 89.5 Å². The van der Waals surface area contributed by atoms with E-state index in [1.165, 1.54) is 5.56 Å². The van der Waals surface area contributed by atoms with E-state index < -0.39 is 0 Å². The van der Waals surface area contributed by atoms with Gasteiger partial charge in [-0.1, -0.05) is 24.3 Å². The molecule has 3 aromatic carbocycles. The number of carbonyl (C=O) groups is 2. The van der Waals surface area contributed by atoms with Crippen molar-refractivity contribution in [2.45, 2.75) is 25.9 Å². The monoisotopic (exact) mass is 430 g/mol. The fourth-order valence-corrected chi connectivity index (χ4v) is 3.74. The van der Waals surface area contributed by atoms with Gasteiger partial charge in [-0.2, -0.15) is 0 Å². The van der Waals surface area contributed by atoms with Crippen molar-refractivity contribution < 1.29 is 19.1 Å². The minimum absolute atomic E-state index is 0.127. The Balaban J connectivity index is 1.32. The van der Waals surface area contributed by atoms with Crippen molar-refractivity contribution in [2.24, 2.45) is 0 Å². The van der Waals surface area contributed by atoms with E-state index in [1.54, 1.807) is 36.4 Å². The van der Waals surface area contributed by atoms with Crippen LogP contribution >= 0.6 is 0 Å². The molecule has 0 bridgehead atoms. The number of hydrogen-bond acceptors (Lipinski definition) is 4. The Morgan fingerprint density at radius 3 is 2.38 bits per heavy atom. The van der Waals surface area contributed by atoms with Crippen LogP contribution < -0.4 is 15.4 Å². The third-order valence-electron chi connectivity index (χ3n) is 5.32. The summed E-state index contributed by atoms with van der Waals surface area (Å²) < 4.78 is 11.2. The predicted molar refractivity (Wildman–Crippen MR) is 124 cm³/mol. The summed E-state index contributed by atoms with van der Waals surface area (Å²) in [4.78, 5) is 25.0. The molecule has 0 fully saturated rings. The van der Waals surface area contributed by atoms with Gasteiger partial charge in [-0.25, -0.2) is 0 Å². The van der Waals surface area contributed by atoms with Crippen molar-refractivity contribution in [1.29, 1.82) is 0 Å². The maximum absolute atomic E-state index is 12.5. The second-order valence-corrected chi connectivity index (χ2v) is 7.55. The molecule has 1 heterocycles. The highest BCUT2D eigenvalue weighted by Gasteiger charge is 2.23. The minimum atomic E-state index is -0.237. The summed E-state index contributed by atoms with van der Waals surface area (Å²) in [5.74, 6) is 0.408. The van der Waals surface area contributed by atoms with Crippen LogP contribution in [-0.4, -0.2) is 25.0 Å². The Morgan fingerprint density at radius 2 is 1.62 bits per heavy atom. The molecule has 164 valence electrons. The largest absolute Gasteiger partial charge is 0.494 e. The lowest BCUT2D eigenvalue weighted by atomic mass is 9.95. The van der Waals surface area contributed by atoms with Gasteiger partial charge in [0.15, 0.2) is 0 Å². The van der Waals surface area contributed by atoms with Gasteiger partial charge in [-0.05, 0) is 73.0 Å². The lowest BCUT2D eigenvalue weighted by molar-refractivity contribution is -0.119. The smallest absolute Gasteiger partial charge is 0.255 e. The number of nitrogens with one attached hydrogen (secondary N) is 2. The van der Waals surface area contributed by atoms with E-state index in [0.29, 0.717) is 30.2 Å². The number of hydrogen-bond donors (Lipinski definition) is 2. The number of carbonyl (C=O) groups excluding carboxylic acids is 2. The maximum atomic E-state index is 12.5. The SMILES string of the molecule is CCOc1ccc(NC(=O)c2ccc(NC(=O)CC3OCCc4ccccc43)cc2)cc1. The van der Waals surface area contributed by atoms with Gasteiger partial charge in [0, 0.05) is 16.9 Å². The van der Waals surface area contributed by atoms with Gasteiger partial charge < -0.3 is 20.1 Å². The van der Waals surface area contributed by atoms with Gasteiger partial charge in [0.2, 0.25) is 5.91 Å². The van der Waals surface area contributed by atoms with Gasteiger partial charge in [0.05, 0.1) is 25.7 Å².